The van der Waals surface area contributed by atoms with Crippen molar-refractivity contribution < 1.29 is 14.1 Å². The van der Waals surface area contributed by atoms with E-state index in [1.54, 1.807) is 17.0 Å². The first kappa shape index (κ1) is 14.8. The van der Waals surface area contributed by atoms with Crippen LogP contribution in [0.5, 0.6) is 0 Å². The van der Waals surface area contributed by atoms with Gasteiger partial charge in [0, 0.05) is 46.5 Å². The Balaban J connectivity index is 2.15. The maximum absolute atomic E-state index is 12.3. The molecule has 0 unspecified atom stereocenters. The van der Waals surface area contributed by atoms with E-state index < -0.39 is 10.8 Å². The van der Waals surface area contributed by atoms with Gasteiger partial charge in [0.15, 0.2) is 0 Å². The molecular weight excluding hydrogens is 274 g/mol. The van der Waals surface area contributed by atoms with Crippen molar-refractivity contribution in [1.82, 2.24) is 4.90 Å². The largest absolute Gasteiger partial charge is 0.384 e. The number of aryl methyl sites for hydroxylation is 1. The van der Waals surface area contributed by atoms with Crippen LogP contribution in [-0.2, 0) is 10.8 Å². The third kappa shape index (κ3) is 3.47. The van der Waals surface area contributed by atoms with Crippen LogP contribution >= 0.6 is 0 Å². The predicted octanol–water partition coefficient (Wildman–Crippen LogP) is 0.543. The second-order valence-electron chi connectivity index (χ2n) is 4.63. The molecule has 1 fully saturated rings. The molecule has 0 saturated carbocycles. The summed E-state index contributed by atoms with van der Waals surface area (Å²) < 4.78 is 11.3. The van der Waals surface area contributed by atoms with Crippen molar-refractivity contribution in [3.8, 4) is 11.8 Å². The fourth-order valence-electron chi connectivity index (χ4n) is 2.10. The van der Waals surface area contributed by atoms with Crippen LogP contribution in [0.1, 0.15) is 21.5 Å². The fraction of sp³-hybridized carbons (Fsp3) is 0.400. The SMILES string of the molecule is Cc1cc(C(=O)N2CCS(=O)CC2)ccc1C#CCO. The van der Waals surface area contributed by atoms with Crippen molar-refractivity contribution in [2.45, 2.75) is 6.92 Å². The second-order valence-corrected chi connectivity index (χ2v) is 6.33. The molecule has 20 heavy (non-hydrogen) atoms. The Morgan fingerprint density at radius 3 is 2.70 bits per heavy atom. The molecule has 0 bridgehead atoms. The minimum Gasteiger partial charge on any atom is -0.384 e. The highest BCUT2D eigenvalue weighted by atomic mass is 32.2. The van der Waals surface area contributed by atoms with E-state index in [0.29, 0.717) is 30.2 Å². The zero-order chi connectivity index (χ0) is 14.5. The van der Waals surface area contributed by atoms with Crippen LogP contribution in [0.3, 0.4) is 0 Å². The fourth-order valence-corrected chi connectivity index (χ4v) is 3.15. The number of hydrogen-bond donors (Lipinski definition) is 1. The highest BCUT2D eigenvalue weighted by Gasteiger charge is 2.21. The van der Waals surface area contributed by atoms with E-state index in [9.17, 15) is 9.00 Å². The van der Waals surface area contributed by atoms with Crippen molar-refractivity contribution in [3.05, 3.63) is 34.9 Å². The number of aliphatic hydroxyl groups excluding tert-OH is 1. The Morgan fingerprint density at radius 2 is 2.10 bits per heavy atom. The molecule has 0 atom stereocenters. The summed E-state index contributed by atoms with van der Waals surface area (Å²) in [6.07, 6.45) is 0. The van der Waals surface area contributed by atoms with Crippen LogP contribution in [0, 0.1) is 18.8 Å². The van der Waals surface area contributed by atoms with Gasteiger partial charge in [-0.15, -0.1) is 0 Å². The summed E-state index contributed by atoms with van der Waals surface area (Å²) in [6, 6.07) is 5.37. The van der Waals surface area contributed by atoms with Crippen molar-refractivity contribution in [2.75, 3.05) is 31.2 Å². The quantitative estimate of drug-likeness (QED) is 0.769. The van der Waals surface area contributed by atoms with E-state index in [1.807, 2.05) is 13.0 Å². The van der Waals surface area contributed by atoms with Gasteiger partial charge in [-0.2, -0.15) is 0 Å². The summed E-state index contributed by atoms with van der Waals surface area (Å²) in [5.74, 6) is 6.55. The van der Waals surface area contributed by atoms with Crippen LogP contribution < -0.4 is 0 Å². The van der Waals surface area contributed by atoms with E-state index in [0.717, 1.165) is 11.1 Å². The van der Waals surface area contributed by atoms with Crippen molar-refractivity contribution >= 4 is 16.7 Å². The number of nitrogens with zero attached hydrogens (tertiary/aromatic N) is 1. The molecule has 0 radical (unpaired) electrons. The molecule has 2 rings (SSSR count). The van der Waals surface area contributed by atoms with Gasteiger partial charge in [-0.05, 0) is 30.7 Å². The molecule has 1 N–H and O–H groups in total. The first-order chi connectivity index (χ1) is 9.61. The number of aliphatic hydroxyl groups is 1. The van der Waals surface area contributed by atoms with Crippen molar-refractivity contribution in [3.63, 3.8) is 0 Å². The van der Waals surface area contributed by atoms with Gasteiger partial charge in [-0.3, -0.25) is 9.00 Å². The molecular formula is C15H17NO3S. The van der Waals surface area contributed by atoms with Crippen LogP contribution in [0.2, 0.25) is 0 Å². The zero-order valence-corrected chi connectivity index (χ0v) is 12.2. The number of carbonyl (C=O) groups excluding carboxylic acids is 1. The lowest BCUT2D eigenvalue weighted by Crippen LogP contribution is -2.41. The van der Waals surface area contributed by atoms with Gasteiger partial charge in [-0.1, -0.05) is 11.8 Å². The lowest BCUT2D eigenvalue weighted by atomic mass is 10.0. The summed E-state index contributed by atoms with van der Waals surface area (Å²) in [4.78, 5) is 14.1. The van der Waals surface area contributed by atoms with Gasteiger partial charge in [0.25, 0.3) is 5.91 Å². The first-order valence-corrected chi connectivity index (χ1v) is 7.95. The number of hydrogen-bond acceptors (Lipinski definition) is 3. The van der Waals surface area contributed by atoms with Crippen LogP contribution in [0.25, 0.3) is 0 Å². The van der Waals surface area contributed by atoms with E-state index in [2.05, 4.69) is 11.8 Å². The van der Waals surface area contributed by atoms with E-state index >= 15 is 0 Å². The molecule has 1 aromatic carbocycles. The van der Waals surface area contributed by atoms with Crippen LogP contribution in [-0.4, -0.2) is 51.3 Å². The maximum Gasteiger partial charge on any atom is 0.253 e. The highest BCUT2D eigenvalue weighted by Crippen LogP contribution is 2.13. The number of rotatable bonds is 1. The Bertz CT molecular complexity index is 591. The molecule has 0 aliphatic carbocycles. The minimum absolute atomic E-state index is 0.0218. The Hall–Kier alpha value is -1.64. The molecule has 0 aromatic heterocycles. The molecule has 1 aliphatic heterocycles. The molecule has 5 heteroatoms. The van der Waals surface area contributed by atoms with Crippen molar-refractivity contribution in [1.29, 1.82) is 0 Å². The van der Waals surface area contributed by atoms with E-state index in [1.165, 1.54) is 0 Å². The van der Waals surface area contributed by atoms with Gasteiger partial charge in [0.2, 0.25) is 0 Å². The predicted molar refractivity (Wildman–Crippen MR) is 78.9 cm³/mol. The van der Waals surface area contributed by atoms with Gasteiger partial charge >= 0.3 is 0 Å². The molecule has 1 aromatic rings. The van der Waals surface area contributed by atoms with Gasteiger partial charge < -0.3 is 10.0 Å². The Labute approximate surface area is 121 Å². The molecule has 1 saturated heterocycles. The van der Waals surface area contributed by atoms with Crippen LogP contribution in [0.4, 0.5) is 0 Å². The summed E-state index contributed by atoms with van der Waals surface area (Å²) in [7, 11) is -0.782. The normalized spacial score (nSPS) is 15.6. The molecule has 1 heterocycles. The molecule has 0 spiro atoms. The van der Waals surface area contributed by atoms with E-state index in [4.69, 9.17) is 5.11 Å². The van der Waals surface area contributed by atoms with Crippen molar-refractivity contribution in [2.24, 2.45) is 0 Å². The summed E-state index contributed by atoms with van der Waals surface area (Å²) in [5, 5.41) is 8.69. The third-order valence-electron chi connectivity index (χ3n) is 3.24. The standard InChI is InChI=1S/C15H17NO3S/c1-12-11-14(5-4-13(12)3-2-8-17)15(18)16-6-9-20(19)10-7-16/h4-5,11,17H,6-10H2,1H3. The smallest absolute Gasteiger partial charge is 0.253 e. The molecule has 1 aliphatic rings. The lowest BCUT2D eigenvalue weighted by Gasteiger charge is -2.26. The first-order valence-electron chi connectivity index (χ1n) is 6.46. The Morgan fingerprint density at radius 1 is 1.40 bits per heavy atom. The summed E-state index contributed by atoms with van der Waals surface area (Å²) in [5.41, 5.74) is 2.36. The minimum atomic E-state index is -0.782. The molecule has 106 valence electrons. The van der Waals surface area contributed by atoms with E-state index in [-0.39, 0.29) is 12.5 Å². The highest BCUT2D eigenvalue weighted by molar-refractivity contribution is 7.85. The average Bonchev–Trinajstić information content (AvgIpc) is 2.46. The number of benzene rings is 1. The van der Waals surface area contributed by atoms with Gasteiger partial charge in [0.05, 0.1) is 0 Å². The number of amides is 1. The summed E-state index contributed by atoms with van der Waals surface area (Å²) >= 11 is 0. The van der Waals surface area contributed by atoms with Gasteiger partial charge in [0.1, 0.15) is 6.61 Å². The second kappa shape index (κ2) is 6.69. The third-order valence-corrected chi connectivity index (χ3v) is 4.52. The van der Waals surface area contributed by atoms with Crippen LogP contribution in [0.15, 0.2) is 18.2 Å². The molecule has 1 amide bonds. The Kier molecular flexibility index (Phi) is 4.94. The lowest BCUT2D eigenvalue weighted by molar-refractivity contribution is 0.0771. The average molecular weight is 291 g/mol. The maximum atomic E-state index is 12.3. The zero-order valence-electron chi connectivity index (χ0n) is 11.4. The monoisotopic (exact) mass is 291 g/mol. The summed E-state index contributed by atoms with van der Waals surface area (Å²) in [6.45, 7) is 2.82. The number of carbonyl (C=O) groups is 1. The van der Waals surface area contributed by atoms with Gasteiger partial charge in [-0.25, -0.2) is 0 Å². The topological polar surface area (TPSA) is 57.6 Å². The molecule has 4 nitrogen and oxygen atoms in total.